The van der Waals surface area contributed by atoms with Crippen LogP contribution >= 0.6 is 11.3 Å². The maximum Gasteiger partial charge on any atom is 0.0944 e. The van der Waals surface area contributed by atoms with Gasteiger partial charge in [0.05, 0.1) is 5.01 Å². The number of likely N-dealkylation sites (tertiary alicyclic amines) is 1. The van der Waals surface area contributed by atoms with Crippen LogP contribution in [0, 0.1) is 6.92 Å². The standard InChI is InChI=1S/C17H31N3S/c1-5-9-18-15(12-16-19-14(2)13-21-16)17(3,4)20-10-7-6-8-11-20/h13,15,18H,5-12H2,1-4H3. The first kappa shape index (κ1) is 16.9. The molecule has 2 heterocycles. The molecule has 0 spiro atoms. The second kappa shape index (κ2) is 7.70. The summed E-state index contributed by atoms with van der Waals surface area (Å²) in [6.07, 6.45) is 6.32. The molecule has 1 atom stereocenters. The predicted octanol–water partition coefficient (Wildman–Crippen LogP) is 3.63. The van der Waals surface area contributed by atoms with Gasteiger partial charge in [0.2, 0.25) is 0 Å². The molecule has 0 aromatic carbocycles. The number of rotatable bonds is 7. The van der Waals surface area contributed by atoms with Crippen LogP contribution in [0.1, 0.15) is 57.2 Å². The van der Waals surface area contributed by atoms with E-state index in [1.807, 2.05) is 0 Å². The molecule has 1 saturated heterocycles. The highest BCUT2D eigenvalue weighted by molar-refractivity contribution is 7.09. The number of hydrogen-bond donors (Lipinski definition) is 1. The first-order valence-electron chi connectivity index (χ1n) is 8.43. The van der Waals surface area contributed by atoms with Crippen LogP contribution < -0.4 is 5.32 Å². The van der Waals surface area contributed by atoms with Crippen LogP contribution in [-0.2, 0) is 6.42 Å². The zero-order valence-electron chi connectivity index (χ0n) is 14.1. The summed E-state index contributed by atoms with van der Waals surface area (Å²) in [5, 5.41) is 7.23. The average molecular weight is 310 g/mol. The minimum Gasteiger partial charge on any atom is -0.312 e. The zero-order valence-corrected chi connectivity index (χ0v) is 14.9. The predicted molar refractivity (Wildman–Crippen MR) is 92.1 cm³/mol. The largest absolute Gasteiger partial charge is 0.312 e. The lowest BCUT2D eigenvalue weighted by molar-refractivity contribution is 0.0611. The molecule has 0 amide bonds. The molecule has 0 saturated carbocycles. The van der Waals surface area contributed by atoms with Gasteiger partial charge in [-0.15, -0.1) is 11.3 Å². The third kappa shape index (κ3) is 4.51. The minimum absolute atomic E-state index is 0.190. The van der Waals surface area contributed by atoms with Crippen molar-refractivity contribution in [1.29, 1.82) is 0 Å². The van der Waals surface area contributed by atoms with E-state index >= 15 is 0 Å². The van der Waals surface area contributed by atoms with Crippen molar-refractivity contribution < 1.29 is 0 Å². The molecular formula is C17H31N3S. The maximum absolute atomic E-state index is 4.68. The van der Waals surface area contributed by atoms with Gasteiger partial charge in [-0.1, -0.05) is 13.3 Å². The Labute approximate surface area is 134 Å². The lowest BCUT2D eigenvalue weighted by atomic mass is 9.88. The van der Waals surface area contributed by atoms with Gasteiger partial charge in [0.25, 0.3) is 0 Å². The lowest BCUT2D eigenvalue weighted by Gasteiger charge is -2.46. The first-order chi connectivity index (χ1) is 10.0. The number of nitrogens with zero attached hydrogens (tertiary/aromatic N) is 2. The molecule has 1 fully saturated rings. The van der Waals surface area contributed by atoms with E-state index in [0.29, 0.717) is 6.04 Å². The van der Waals surface area contributed by atoms with E-state index in [1.165, 1.54) is 43.8 Å². The fourth-order valence-corrected chi connectivity index (χ4v) is 4.07. The van der Waals surface area contributed by atoms with Crippen LogP contribution in [0.3, 0.4) is 0 Å². The number of aryl methyl sites for hydroxylation is 1. The molecule has 0 bridgehead atoms. The van der Waals surface area contributed by atoms with E-state index < -0.39 is 0 Å². The lowest BCUT2D eigenvalue weighted by Crippen LogP contribution is -2.59. The molecule has 120 valence electrons. The monoisotopic (exact) mass is 309 g/mol. The molecular weight excluding hydrogens is 278 g/mol. The van der Waals surface area contributed by atoms with Crippen molar-refractivity contribution in [3.05, 3.63) is 16.1 Å². The Morgan fingerprint density at radius 2 is 2.05 bits per heavy atom. The van der Waals surface area contributed by atoms with E-state index in [1.54, 1.807) is 11.3 Å². The fourth-order valence-electron chi connectivity index (χ4n) is 3.25. The van der Waals surface area contributed by atoms with Gasteiger partial charge in [-0.05, 0) is 59.7 Å². The molecule has 3 nitrogen and oxygen atoms in total. The first-order valence-corrected chi connectivity index (χ1v) is 9.31. The Hall–Kier alpha value is -0.450. The Bertz CT molecular complexity index is 421. The van der Waals surface area contributed by atoms with Gasteiger partial charge in [0.1, 0.15) is 0 Å². The van der Waals surface area contributed by atoms with Crippen molar-refractivity contribution in [2.24, 2.45) is 0 Å². The van der Waals surface area contributed by atoms with Crippen molar-refractivity contribution in [3.8, 4) is 0 Å². The molecule has 1 unspecified atom stereocenters. The Balaban J connectivity index is 2.08. The van der Waals surface area contributed by atoms with Gasteiger partial charge in [0.15, 0.2) is 0 Å². The summed E-state index contributed by atoms with van der Waals surface area (Å²) in [5.41, 5.74) is 1.34. The quantitative estimate of drug-likeness (QED) is 0.833. The van der Waals surface area contributed by atoms with Crippen LogP contribution in [0.5, 0.6) is 0 Å². The number of thiazole rings is 1. The molecule has 1 aliphatic heterocycles. The molecule has 1 aliphatic rings. The third-order valence-corrected chi connectivity index (χ3v) is 5.70. The van der Waals surface area contributed by atoms with Crippen LogP contribution in [-0.4, -0.2) is 41.1 Å². The Morgan fingerprint density at radius 3 is 2.62 bits per heavy atom. The normalized spacial score (nSPS) is 18.9. The molecule has 2 rings (SSSR count). The molecule has 1 N–H and O–H groups in total. The van der Waals surface area contributed by atoms with Crippen molar-refractivity contribution in [3.63, 3.8) is 0 Å². The summed E-state index contributed by atoms with van der Waals surface area (Å²) in [4.78, 5) is 7.36. The zero-order chi connectivity index (χ0) is 15.3. The summed E-state index contributed by atoms with van der Waals surface area (Å²) >= 11 is 1.80. The number of hydrogen-bond acceptors (Lipinski definition) is 4. The second-order valence-corrected chi connectivity index (χ2v) is 7.74. The summed E-state index contributed by atoms with van der Waals surface area (Å²) in [5.74, 6) is 0. The van der Waals surface area contributed by atoms with Gasteiger partial charge >= 0.3 is 0 Å². The fraction of sp³-hybridized carbons (Fsp3) is 0.824. The topological polar surface area (TPSA) is 28.2 Å². The summed E-state index contributed by atoms with van der Waals surface area (Å²) in [6, 6.07) is 0.473. The average Bonchev–Trinajstić information content (AvgIpc) is 2.89. The Morgan fingerprint density at radius 1 is 1.33 bits per heavy atom. The molecule has 4 heteroatoms. The van der Waals surface area contributed by atoms with Crippen molar-refractivity contribution in [2.45, 2.75) is 71.4 Å². The number of aromatic nitrogens is 1. The van der Waals surface area contributed by atoms with Gasteiger partial charge in [0, 0.05) is 29.1 Å². The van der Waals surface area contributed by atoms with Gasteiger partial charge in [-0.2, -0.15) is 0 Å². The van der Waals surface area contributed by atoms with Crippen molar-refractivity contribution >= 4 is 11.3 Å². The highest BCUT2D eigenvalue weighted by atomic mass is 32.1. The molecule has 21 heavy (non-hydrogen) atoms. The van der Waals surface area contributed by atoms with Crippen LogP contribution in [0.4, 0.5) is 0 Å². The van der Waals surface area contributed by atoms with E-state index in [-0.39, 0.29) is 5.54 Å². The maximum atomic E-state index is 4.68. The smallest absolute Gasteiger partial charge is 0.0944 e. The molecule has 0 aliphatic carbocycles. The second-order valence-electron chi connectivity index (χ2n) is 6.79. The van der Waals surface area contributed by atoms with Crippen LogP contribution in [0.15, 0.2) is 5.38 Å². The van der Waals surface area contributed by atoms with E-state index in [9.17, 15) is 0 Å². The number of nitrogens with one attached hydrogen (secondary N) is 1. The van der Waals surface area contributed by atoms with Gasteiger partial charge in [-0.25, -0.2) is 4.98 Å². The minimum atomic E-state index is 0.190. The van der Waals surface area contributed by atoms with Gasteiger partial charge in [-0.3, -0.25) is 4.90 Å². The SMILES string of the molecule is CCCNC(Cc1nc(C)cs1)C(C)(C)N1CCCCC1. The van der Waals surface area contributed by atoms with Crippen LogP contribution in [0.2, 0.25) is 0 Å². The van der Waals surface area contributed by atoms with E-state index in [4.69, 9.17) is 0 Å². The highest BCUT2D eigenvalue weighted by Gasteiger charge is 2.36. The molecule has 0 radical (unpaired) electrons. The third-order valence-electron chi connectivity index (χ3n) is 4.71. The van der Waals surface area contributed by atoms with E-state index in [0.717, 1.165) is 18.7 Å². The summed E-state index contributed by atoms with van der Waals surface area (Å²) in [6.45, 7) is 12.7. The summed E-state index contributed by atoms with van der Waals surface area (Å²) in [7, 11) is 0. The van der Waals surface area contributed by atoms with E-state index in [2.05, 4.69) is 48.3 Å². The van der Waals surface area contributed by atoms with Crippen molar-refractivity contribution in [2.75, 3.05) is 19.6 Å². The van der Waals surface area contributed by atoms with Gasteiger partial charge < -0.3 is 5.32 Å². The molecule has 1 aromatic heterocycles. The Kier molecular flexibility index (Phi) is 6.20. The number of piperidine rings is 1. The van der Waals surface area contributed by atoms with Crippen molar-refractivity contribution in [1.82, 2.24) is 15.2 Å². The summed E-state index contributed by atoms with van der Waals surface area (Å²) < 4.78 is 0. The molecule has 1 aromatic rings. The highest BCUT2D eigenvalue weighted by Crippen LogP contribution is 2.26. The van der Waals surface area contributed by atoms with Crippen LogP contribution in [0.25, 0.3) is 0 Å².